The molecule has 0 fully saturated rings. The summed E-state index contributed by atoms with van der Waals surface area (Å²) in [4.78, 5) is 28.4. The molecule has 0 aliphatic heterocycles. The van der Waals surface area contributed by atoms with Crippen LogP contribution in [-0.2, 0) is 20.7 Å². The van der Waals surface area contributed by atoms with E-state index in [9.17, 15) is 18.4 Å². The highest BCUT2D eigenvalue weighted by molar-refractivity contribution is 7.18. The average molecular weight is 575 g/mol. The van der Waals surface area contributed by atoms with E-state index in [1.165, 1.54) is 7.11 Å². The van der Waals surface area contributed by atoms with Crippen LogP contribution in [0.4, 0.5) is 13.9 Å². The Morgan fingerprint density at radius 1 is 1.12 bits per heavy atom. The molecule has 0 radical (unpaired) electrons. The van der Waals surface area contributed by atoms with Crippen molar-refractivity contribution >= 4 is 34.4 Å². The highest BCUT2D eigenvalue weighted by atomic mass is 32.1. The molecule has 40 heavy (non-hydrogen) atoms. The molecule has 11 heteroatoms. The largest absolute Gasteiger partial charge is 0.490 e. The minimum absolute atomic E-state index is 0.118. The van der Waals surface area contributed by atoms with Gasteiger partial charge in [0.2, 0.25) is 10.8 Å². The number of thiazole rings is 1. The highest BCUT2D eigenvalue weighted by Gasteiger charge is 2.20. The quantitative estimate of drug-likeness (QED) is 0.146. The summed E-state index contributed by atoms with van der Waals surface area (Å²) in [7, 11) is 2.55. The zero-order valence-corrected chi connectivity index (χ0v) is 23.8. The van der Waals surface area contributed by atoms with Gasteiger partial charge >= 0.3 is 5.97 Å². The summed E-state index contributed by atoms with van der Waals surface area (Å²) in [5, 5.41) is 12.2. The molecule has 2 N–H and O–H groups in total. The number of aromatic nitrogens is 1. The van der Waals surface area contributed by atoms with Gasteiger partial charge in [-0.2, -0.15) is 0 Å². The first-order valence-electron chi connectivity index (χ1n) is 12.4. The van der Waals surface area contributed by atoms with E-state index in [-0.39, 0.29) is 16.1 Å². The number of hydrogen-bond acceptors (Lipinski definition) is 7. The van der Waals surface area contributed by atoms with Crippen LogP contribution >= 0.6 is 11.3 Å². The van der Waals surface area contributed by atoms with Crippen LogP contribution in [0.5, 0.6) is 5.06 Å². The lowest BCUT2D eigenvalue weighted by Crippen LogP contribution is -2.15. The van der Waals surface area contributed by atoms with Gasteiger partial charge in [0, 0.05) is 29.4 Å². The Morgan fingerprint density at radius 3 is 2.42 bits per heavy atom. The van der Waals surface area contributed by atoms with Crippen molar-refractivity contribution < 1.29 is 37.7 Å². The van der Waals surface area contributed by atoms with Crippen molar-refractivity contribution in [3.05, 3.63) is 70.5 Å². The van der Waals surface area contributed by atoms with E-state index in [1.807, 2.05) is 24.3 Å². The number of amides is 1. The summed E-state index contributed by atoms with van der Waals surface area (Å²) >= 11 is 1.07. The number of benzene rings is 2. The summed E-state index contributed by atoms with van der Waals surface area (Å²) in [5.74, 6) is -5.20. The topological polar surface area (TPSA) is 107 Å². The summed E-state index contributed by atoms with van der Waals surface area (Å²) < 4.78 is 45.0. The molecule has 2 aromatic carbocycles. The lowest BCUT2D eigenvalue weighted by atomic mass is 9.99. The van der Waals surface area contributed by atoms with Gasteiger partial charge < -0.3 is 19.3 Å². The average Bonchev–Trinajstić information content (AvgIpc) is 3.30. The monoisotopic (exact) mass is 574 g/mol. The predicted molar refractivity (Wildman–Crippen MR) is 150 cm³/mol. The molecule has 3 aromatic rings. The minimum atomic E-state index is -1.49. The lowest BCUT2D eigenvalue weighted by molar-refractivity contribution is -0.135. The number of carboxylic acid groups (broad SMARTS) is 1. The number of carbonyl (C=O) groups excluding carboxylic acids is 1. The van der Waals surface area contributed by atoms with Crippen LogP contribution < -0.4 is 10.1 Å². The smallest absolute Gasteiger partial charge is 0.371 e. The van der Waals surface area contributed by atoms with E-state index in [0.29, 0.717) is 30.0 Å². The molecular formula is C29H32F2N2O6S. The molecule has 1 aromatic heterocycles. The summed E-state index contributed by atoms with van der Waals surface area (Å²) in [6.07, 6.45) is 2.38. The van der Waals surface area contributed by atoms with Crippen LogP contribution in [0.1, 0.15) is 48.7 Å². The number of carbonyl (C=O) groups is 2. The number of rotatable bonds is 12. The zero-order chi connectivity index (χ0) is 29.4. The molecule has 0 saturated carbocycles. The Morgan fingerprint density at radius 2 is 1.82 bits per heavy atom. The van der Waals surface area contributed by atoms with Crippen molar-refractivity contribution in [2.75, 3.05) is 32.8 Å². The third-order valence-corrected chi connectivity index (χ3v) is 6.47. The van der Waals surface area contributed by atoms with Crippen molar-refractivity contribution in [1.29, 1.82) is 0 Å². The molecule has 1 heterocycles. The summed E-state index contributed by atoms with van der Waals surface area (Å²) in [6.45, 7) is 7.73. The van der Waals surface area contributed by atoms with E-state index >= 15 is 0 Å². The Kier molecular flexibility index (Phi) is 10.4. The first-order chi connectivity index (χ1) is 18.9. The molecular weight excluding hydrogens is 542 g/mol. The van der Waals surface area contributed by atoms with Crippen LogP contribution in [0.25, 0.3) is 17.3 Å². The number of nitrogens with zero attached hydrogens (tertiary/aromatic N) is 1. The normalized spacial score (nSPS) is 11.8. The maximum Gasteiger partial charge on any atom is 0.371 e. The van der Waals surface area contributed by atoms with Crippen LogP contribution in [0.2, 0.25) is 0 Å². The maximum absolute atomic E-state index is 14.6. The number of ether oxygens (including phenoxy) is 3. The number of halogens is 2. The molecule has 0 aliphatic rings. The second-order valence-electron chi connectivity index (χ2n) is 10.1. The fourth-order valence-corrected chi connectivity index (χ4v) is 4.47. The molecule has 8 nitrogen and oxygen atoms in total. The number of carboxylic acids is 1. The molecule has 0 unspecified atom stereocenters. The number of aryl methyl sites for hydroxylation is 1. The van der Waals surface area contributed by atoms with Crippen molar-refractivity contribution in [2.24, 2.45) is 5.41 Å². The van der Waals surface area contributed by atoms with Gasteiger partial charge in [-0.25, -0.2) is 18.6 Å². The summed E-state index contributed by atoms with van der Waals surface area (Å²) in [6, 6.07) is 9.42. The number of anilines is 1. The number of hydrogen-bond donors (Lipinski definition) is 2. The Bertz CT molecular complexity index is 1370. The Labute approximate surface area is 235 Å². The van der Waals surface area contributed by atoms with Crippen LogP contribution in [-0.4, -0.2) is 49.4 Å². The van der Waals surface area contributed by atoms with Gasteiger partial charge in [-0.05, 0) is 42.0 Å². The molecule has 0 atom stereocenters. The van der Waals surface area contributed by atoms with Crippen molar-refractivity contribution in [3.63, 3.8) is 0 Å². The third-order valence-electron chi connectivity index (χ3n) is 5.54. The Hall–Kier alpha value is -3.83. The Balaban J connectivity index is 1.75. The van der Waals surface area contributed by atoms with E-state index < -0.39 is 34.8 Å². The van der Waals surface area contributed by atoms with Crippen LogP contribution in [0.15, 0.2) is 42.2 Å². The first-order valence-corrected chi connectivity index (χ1v) is 13.2. The van der Waals surface area contributed by atoms with Gasteiger partial charge in [0.25, 0.3) is 5.91 Å². The van der Waals surface area contributed by atoms with Gasteiger partial charge in [-0.15, -0.1) is 0 Å². The predicted octanol–water partition coefficient (Wildman–Crippen LogP) is 6.42. The second-order valence-corrected chi connectivity index (χ2v) is 11.1. The molecule has 214 valence electrons. The van der Waals surface area contributed by atoms with Gasteiger partial charge in [-0.3, -0.25) is 10.1 Å². The molecule has 0 saturated heterocycles. The zero-order valence-electron chi connectivity index (χ0n) is 23.0. The van der Waals surface area contributed by atoms with Crippen LogP contribution in [0.3, 0.4) is 0 Å². The number of methoxy groups -OCH3 is 2. The fraction of sp³-hybridized carbons (Fsp3) is 0.345. The number of nitrogens with one attached hydrogen (secondary N) is 1. The standard InChI is InChI=1S/C29H32F2N2O6S/c1-29(2,3)16-39-11-7-9-17-8-6-10-18(12-17)24-27(38-5)40-28(32-24)33-25(34)19-13-21(30)20(22(31)14-19)15-23(37-4)26(35)36/h6,8,10,12-15H,7,9,11,16H2,1-5H3,(H,35,36)(H,32,33,34)/b23-15-. The van der Waals surface area contributed by atoms with E-state index in [4.69, 9.17) is 14.6 Å². The summed E-state index contributed by atoms with van der Waals surface area (Å²) in [5.41, 5.74) is 1.57. The van der Waals surface area contributed by atoms with Crippen molar-refractivity contribution in [3.8, 4) is 16.3 Å². The van der Waals surface area contributed by atoms with Gasteiger partial charge in [0.05, 0.1) is 20.8 Å². The van der Waals surface area contributed by atoms with Crippen molar-refractivity contribution in [2.45, 2.75) is 33.6 Å². The van der Waals surface area contributed by atoms with E-state index in [0.717, 1.165) is 54.5 Å². The SMILES string of the molecule is CO/C(=C\c1c(F)cc(C(=O)Nc2nc(-c3cccc(CCCOCC(C)(C)C)c3)c(OC)s2)cc1F)C(=O)O. The van der Waals surface area contributed by atoms with Gasteiger partial charge in [0.15, 0.2) is 5.13 Å². The third kappa shape index (κ3) is 8.33. The second kappa shape index (κ2) is 13.5. The van der Waals surface area contributed by atoms with E-state index in [1.54, 1.807) is 0 Å². The molecule has 3 rings (SSSR count). The molecule has 0 spiro atoms. The molecule has 0 bridgehead atoms. The highest BCUT2D eigenvalue weighted by Crippen LogP contribution is 2.38. The minimum Gasteiger partial charge on any atom is -0.490 e. The number of aliphatic carboxylic acids is 1. The maximum atomic E-state index is 14.6. The van der Waals surface area contributed by atoms with Crippen LogP contribution in [0, 0.1) is 17.0 Å². The van der Waals surface area contributed by atoms with Gasteiger partial charge in [0.1, 0.15) is 17.3 Å². The molecule has 1 amide bonds. The van der Waals surface area contributed by atoms with Crippen molar-refractivity contribution in [1.82, 2.24) is 4.98 Å². The molecule has 0 aliphatic carbocycles. The van der Waals surface area contributed by atoms with E-state index in [2.05, 4.69) is 35.8 Å². The first kappa shape index (κ1) is 30.7. The lowest BCUT2D eigenvalue weighted by Gasteiger charge is -2.17. The fourth-order valence-electron chi connectivity index (χ4n) is 3.67. The van der Waals surface area contributed by atoms with Gasteiger partial charge in [-0.1, -0.05) is 50.3 Å².